The number of nitrogens with one attached hydrogen (secondary N) is 1. The zero-order valence-electron chi connectivity index (χ0n) is 14.8. The smallest absolute Gasteiger partial charge is 0.311 e. The van der Waals surface area contributed by atoms with Gasteiger partial charge in [-0.1, -0.05) is 6.07 Å². The van der Waals surface area contributed by atoms with E-state index in [0.717, 1.165) is 18.2 Å². The predicted octanol–water partition coefficient (Wildman–Crippen LogP) is 3.06. The molecule has 1 fully saturated rings. The largest absolute Gasteiger partial charge is 0.455 e. The van der Waals surface area contributed by atoms with Crippen LogP contribution in [-0.4, -0.2) is 42.4 Å². The maximum absolute atomic E-state index is 13.5. The number of likely N-dealkylation sites (tertiary alicyclic amines) is 1. The Morgan fingerprint density at radius 3 is 2.82 bits per heavy atom. The third-order valence-electron chi connectivity index (χ3n) is 4.32. The summed E-state index contributed by atoms with van der Waals surface area (Å²) in [7, 11) is 0. The fourth-order valence-electron chi connectivity index (χ4n) is 2.94. The molecule has 2 heterocycles. The second-order valence-electron chi connectivity index (χ2n) is 6.35. The first-order chi connectivity index (χ1) is 13.4. The highest BCUT2D eigenvalue weighted by Crippen LogP contribution is 2.21. The number of hydrogen-bond acceptors (Lipinski definition) is 5. The number of piperidine rings is 1. The van der Waals surface area contributed by atoms with E-state index in [9.17, 15) is 23.2 Å². The SMILES string of the molecule is O=C(COC(=O)C1CCCN(C(=O)c2cccs2)C1)Nc1cc(F)ccc1F. The highest BCUT2D eigenvalue weighted by molar-refractivity contribution is 7.12. The molecule has 148 valence electrons. The Hall–Kier alpha value is -2.81. The van der Waals surface area contributed by atoms with Crippen LogP contribution in [0, 0.1) is 17.6 Å². The number of carbonyl (C=O) groups excluding carboxylic acids is 3. The Morgan fingerprint density at radius 2 is 2.07 bits per heavy atom. The van der Waals surface area contributed by atoms with Gasteiger partial charge in [-0.2, -0.15) is 0 Å². The van der Waals surface area contributed by atoms with Crippen molar-refractivity contribution in [1.29, 1.82) is 0 Å². The lowest BCUT2D eigenvalue weighted by Crippen LogP contribution is -2.43. The predicted molar refractivity (Wildman–Crippen MR) is 98.9 cm³/mol. The molecule has 0 bridgehead atoms. The number of anilines is 1. The normalized spacial score (nSPS) is 16.5. The summed E-state index contributed by atoms with van der Waals surface area (Å²) in [6, 6.07) is 6.16. The summed E-state index contributed by atoms with van der Waals surface area (Å²) >= 11 is 1.33. The highest BCUT2D eigenvalue weighted by Gasteiger charge is 2.30. The van der Waals surface area contributed by atoms with Gasteiger partial charge in [-0.05, 0) is 36.4 Å². The quantitative estimate of drug-likeness (QED) is 0.772. The third-order valence-corrected chi connectivity index (χ3v) is 5.18. The van der Waals surface area contributed by atoms with Crippen LogP contribution in [0.4, 0.5) is 14.5 Å². The summed E-state index contributed by atoms with van der Waals surface area (Å²) in [6.07, 6.45) is 1.20. The fourth-order valence-corrected chi connectivity index (χ4v) is 3.63. The molecular formula is C19H18F2N2O4S. The Labute approximate surface area is 164 Å². The molecule has 1 saturated heterocycles. The molecule has 9 heteroatoms. The van der Waals surface area contributed by atoms with Crippen LogP contribution in [0.2, 0.25) is 0 Å². The highest BCUT2D eigenvalue weighted by atomic mass is 32.1. The Bertz CT molecular complexity index is 873. The van der Waals surface area contributed by atoms with Gasteiger partial charge in [0.05, 0.1) is 16.5 Å². The molecule has 1 N–H and O–H groups in total. The van der Waals surface area contributed by atoms with Crippen LogP contribution in [0.25, 0.3) is 0 Å². The first-order valence-electron chi connectivity index (χ1n) is 8.68. The van der Waals surface area contributed by atoms with Gasteiger partial charge in [0.25, 0.3) is 11.8 Å². The summed E-state index contributed by atoms with van der Waals surface area (Å²) < 4.78 is 31.7. The van der Waals surface area contributed by atoms with Crippen molar-refractivity contribution in [2.24, 2.45) is 5.92 Å². The molecule has 0 spiro atoms. The standard InChI is InChI=1S/C19H18F2N2O4S/c20-13-5-6-14(21)15(9-13)22-17(24)11-27-19(26)12-3-1-7-23(10-12)18(25)16-4-2-8-28-16/h2,4-6,8-9,12H,1,3,7,10-11H2,(H,22,24). The molecule has 28 heavy (non-hydrogen) atoms. The molecule has 1 aliphatic rings. The molecule has 0 saturated carbocycles. The van der Waals surface area contributed by atoms with Crippen LogP contribution < -0.4 is 5.32 Å². The van der Waals surface area contributed by atoms with E-state index >= 15 is 0 Å². The number of halogens is 2. The van der Waals surface area contributed by atoms with E-state index < -0.39 is 36.0 Å². The minimum atomic E-state index is -0.795. The van der Waals surface area contributed by atoms with Crippen molar-refractivity contribution >= 4 is 34.8 Å². The second kappa shape index (κ2) is 8.92. The monoisotopic (exact) mass is 408 g/mol. The van der Waals surface area contributed by atoms with Crippen LogP contribution in [0.3, 0.4) is 0 Å². The van der Waals surface area contributed by atoms with E-state index in [1.807, 2.05) is 5.38 Å². The molecule has 2 amide bonds. The van der Waals surface area contributed by atoms with E-state index in [-0.39, 0.29) is 18.1 Å². The number of carbonyl (C=O) groups is 3. The lowest BCUT2D eigenvalue weighted by atomic mass is 9.98. The number of esters is 1. The van der Waals surface area contributed by atoms with Gasteiger partial charge in [-0.3, -0.25) is 14.4 Å². The number of benzene rings is 1. The third kappa shape index (κ3) is 4.92. The van der Waals surface area contributed by atoms with Gasteiger partial charge < -0.3 is 15.0 Å². The molecule has 3 rings (SSSR count). The molecule has 2 aromatic rings. The molecule has 0 aliphatic carbocycles. The maximum Gasteiger partial charge on any atom is 0.311 e. The van der Waals surface area contributed by atoms with Crippen molar-refractivity contribution in [2.75, 3.05) is 25.0 Å². The molecule has 1 unspecified atom stereocenters. The van der Waals surface area contributed by atoms with Crippen molar-refractivity contribution in [3.05, 3.63) is 52.2 Å². The van der Waals surface area contributed by atoms with Gasteiger partial charge in [0.1, 0.15) is 11.6 Å². The van der Waals surface area contributed by atoms with Crippen LogP contribution >= 0.6 is 11.3 Å². The lowest BCUT2D eigenvalue weighted by molar-refractivity contribution is -0.152. The van der Waals surface area contributed by atoms with Gasteiger partial charge in [0.2, 0.25) is 0 Å². The van der Waals surface area contributed by atoms with Crippen molar-refractivity contribution in [2.45, 2.75) is 12.8 Å². The average Bonchev–Trinajstić information content (AvgIpc) is 3.23. The summed E-state index contributed by atoms with van der Waals surface area (Å²) in [5.74, 6) is -3.54. The minimum Gasteiger partial charge on any atom is -0.455 e. The van der Waals surface area contributed by atoms with Crippen molar-refractivity contribution < 1.29 is 27.9 Å². The minimum absolute atomic E-state index is 0.133. The van der Waals surface area contributed by atoms with Crippen LogP contribution in [0.1, 0.15) is 22.5 Å². The van der Waals surface area contributed by atoms with Crippen molar-refractivity contribution in [3.63, 3.8) is 0 Å². The second-order valence-corrected chi connectivity index (χ2v) is 7.30. The number of hydrogen-bond donors (Lipinski definition) is 1. The van der Waals surface area contributed by atoms with Crippen LogP contribution in [0.15, 0.2) is 35.7 Å². The Balaban J connectivity index is 1.50. The fraction of sp³-hybridized carbons (Fsp3) is 0.316. The van der Waals surface area contributed by atoms with E-state index in [2.05, 4.69) is 5.32 Å². The lowest BCUT2D eigenvalue weighted by Gasteiger charge is -2.31. The van der Waals surface area contributed by atoms with Gasteiger partial charge >= 0.3 is 5.97 Å². The first-order valence-corrected chi connectivity index (χ1v) is 9.56. The summed E-state index contributed by atoms with van der Waals surface area (Å²) in [5, 5.41) is 3.97. The number of rotatable bonds is 5. The van der Waals surface area contributed by atoms with Crippen LogP contribution in [0.5, 0.6) is 0 Å². The molecule has 6 nitrogen and oxygen atoms in total. The van der Waals surface area contributed by atoms with E-state index in [1.54, 1.807) is 17.0 Å². The van der Waals surface area contributed by atoms with Gasteiger partial charge in [-0.15, -0.1) is 11.3 Å². The zero-order chi connectivity index (χ0) is 20.1. The molecule has 1 aromatic carbocycles. The van der Waals surface area contributed by atoms with Crippen molar-refractivity contribution in [3.8, 4) is 0 Å². The van der Waals surface area contributed by atoms with Crippen LogP contribution in [-0.2, 0) is 14.3 Å². The number of amides is 2. The molecule has 1 atom stereocenters. The van der Waals surface area contributed by atoms with Gasteiger partial charge in [0.15, 0.2) is 6.61 Å². The van der Waals surface area contributed by atoms with E-state index in [4.69, 9.17) is 4.74 Å². The summed E-state index contributed by atoms with van der Waals surface area (Å²) in [5.41, 5.74) is -0.327. The topological polar surface area (TPSA) is 75.7 Å². The van der Waals surface area contributed by atoms with Gasteiger partial charge in [0, 0.05) is 19.2 Å². The number of ether oxygens (including phenoxy) is 1. The van der Waals surface area contributed by atoms with E-state index in [0.29, 0.717) is 24.3 Å². The molecule has 1 aromatic heterocycles. The van der Waals surface area contributed by atoms with Crippen molar-refractivity contribution in [1.82, 2.24) is 4.90 Å². The molecule has 1 aliphatic heterocycles. The number of thiophene rings is 1. The van der Waals surface area contributed by atoms with Gasteiger partial charge in [-0.25, -0.2) is 8.78 Å². The molecule has 0 radical (unpaired) electrons. The Kier molecular flexibility index (Phi) is 6.35. The maximum atomic E-state index is 13.5. The summed E-state index contributed by atoms with van der Waals surface area (Å²) in [6.45, 7) is 0.152. The number of nitrogens with zero attached hydrogens (tertiary/aromatic N) is 1. The zero-order valence-corrected chi connectivity index (χ0v) is 15.6. The average molecular weight is 408 g/mol. The van der Waals surface area contributed by atoms with E-state index in [1.165, 1.54) is 11.3 Å². The molecular weight excluding hydrogens is 390 g/mol. The summed E-state index contributed by atoms with van der Waals surface area (Å²) in [4.78, 5) is 38.7. The Morgan fingerprint density at radius 1 is 1.25 bits per heavy atom. The first kappa shape index (κ1) is 19.9.